The van der Waals surface area contributed by atoms with Gasteiger partial charge in [-0.05, 0) is 43.0 Å². The molecule has 0 heterocycles. The van der Waals surface area contributed by atoms with Crippen LogP contribution in [0.5, 0.6) is 5.75 Å². The monoisotopic (exact) mass is 291 g/mol. The molecule has 0 aliphatic heterocycles. The number of benzene rings is 1. The summed E-state index contributed by atoms with van der Waals surface area (Å²) in [5, 5.41) is 14.2. The number of rotatable bonds is 5. The smallest absolute Gasteiger partial charge is 0.227 e. The predicted octanol–water partition coefficient (Wildman–Crippen LogP) is 2.19. The van der Waals surface area contributed by atoms with E-state index >= 15 is 0 Å². The number of anilines is 1. The predicted molar refractivity (Wildman–Crippen MR) is 80.5 cm³/mol. The number of amidine groups is 1. The first-order valence-corrected chi connectivity index (χ1v) is 7.10. The fourth-order valence-electron chi connectivity index (χ4n) is 2.59. The molecule has 1 aliphatic carbocycles. The largest absolute Gasteiger partial charge is 0.486 e. The van der Waals surface area contributed by atoms with Gasteiger partial charge in [-0.2, -0.15) is 0 Å². The second-order valence-corrected chi connectivity index (χ2v) is 5.41. The van der Waals surface area contributed by atoms with Gasteiger partial charge in [0.2, 0.25) is 5.91 Å². The van der Waals surface area contributed by atoms with Gasteiger partial charge in [0.15, 0.2) is 5.84 Å². The molecule has 4 N–H and O–H groups in total. The van der Waals surface area contributed by atoms with Crippen molar-refractivity contribution in [1.82, 2.24) is 0 Å². The minimum atomic E-state index is 0.00241. The molecule has 0 spiro atoms. The zero-order chi connectivity index (χ0) is 15.2. The Bertz CT molecular complexity index is 513. The van der Waals surface area contributed by atoms with Gasteiger partial charge in [-0.25, -0.2) is 0 Å². The van der Waals surface area contributed by atoms with Crippen LogP contribution in [0.3, 0.4) is 0 Å². The third-order valence-corrected chi connectivity index (χ3v) is 3.84. The number of ether oxygens (including phenoxy) is 1. The lowest BCUT2D eigenvalue weighted by Crippen LogP contribution is -2.24. The molecule has 2 atom stereocenters. The number of carbonyl (C=O) groups excluding carboxylic acids is 1. The average Bonchev–Trinajstić information content (AvgIpc) is 2.92. The number of carbonyl (C=O) groups is 1. The molecule has 1 aliphatic rings. The van der Waals surface area contributed by atoms with Crippen molar-refractivity contribution in [2.45, 2.75) is 26.2 Å². The van der Waals surface area contributed by atoms with E-state index in [1.165, 1.54) is 0 Å². The number of nitrogens with zero attached hydrogens (tertiary/aromatic N) is 1. The van der Waals surface area contributed by atoms with Crippen molar-refractivity contribution in [3.05, 3.63) is 24.3 Å². The van der Waals surface area contributed by atoms with E-state index in [0.717, 1.165) is 24.9 Å². The quantitative estimate of drug-likeness (QED) is 0.335. The molecule has 2 rings (SSSR count). The van der Waals surface area contributed by atoms with E-state index < -0.39 is 0 Å². The van der Waals surface area contributed by atoms with Crippen LogP contribution >= 0.6 is 0 Å². The second kappa shape index (κ2) is 6.97. The molecule has 6 heteroatoms. The lowest BCUT2D eigenvalue weighted by atomic mass is 9.97. The molecule has 2 unspecified atom stereocenters. The molecular formula is C15H21N3O3. The number of hydrogen-bond donors (Lipinski definition) is 3. The molecule has 6 nitrogen and oxygen atoms in total. The van der Waals surface area contributed by atoms with Gasteiger partial charge in [0.1, 0.15) is 12.4 Å². The summed E-state index contributed by atoms with van der Waals surface area (Å²) in [7, 11) is 0. The molecule has 0 bridgehead atoms. The molecule has 114 valence electrons. The van der Waals surface area contributed by atoms with Crippen LogP contribution in [0.1, 0.15) is 26.2 Å². The van der Waals surface area contributed by atoms with Gasteiger partial charge < -0.3 is 21.0 Å². The Balaban J connectivity index is 1.88. The van der Waals surface area contributed by atoms with E-state index in [4.69, 9.17) is 15.7 Å². The van der Waals surface area contributed by atoms with Crippen LogP contribution in [0.15, 0.2) is 29.4 Å². The van der Waals surface area contributed by atoms with Gasteiger partial charge in [-0.1, -0.05) is 18.5 Å². The lowest BCUT2D eigenvalue weighted by molar-refractivity contribution is -0.120. The van der Waals surface area contributed by atoms with Crippen molar-refractivity contribution in [3.8, 4) is 5.75 Å². The maximum absolute atomic E-state index is 12.2. The Hall–Kier alpha value is -2.24. The van der Waals surface area contributed by atoms with Crippen molar-refractivity contribution in [2.75, 3.05) is 11.9 Å². The van der Waals surface area contributed by atoms with Crippen molar-refractivity contribution in [2.24, 2.45) is 22.7 Å². The number of nitrogens with one attached hydrogen (secondary N) is 1. The van der Waals surface area contributed by atoms with E-state index in [2.05, 4.69) is 17.4 Å². The SMILES string of the molecule is CC1CCCC1C(=O)Nc1ccc(OC/C(N)=N/O)cc1. The molecule has 1 fully saturated rings. The van der Waals surface area contributed by atoms with Crippen molar-refractivity contribution in [1.29, 1.82) is 0 Å². The van der Waals surface area contributed by atoms with Gasteiger partial charge >= 0.3 is 0 Å². The summed E-state index contributed by atoms with van der Waals surface area (Å²) in [6, 6.07) is 7.02. The first-order chi connectivity index (χ1) is 10.1. The highest BCUT2D eigenvalue weighted by atomic mass is 16.5. The van der Waals surface area contributed by atoms with Crippen molar-refractivity contribution in [3.63, 3.8) is 0 Å². The number of nitrogens with two attached hydrogens (primary N) is 1. The third kappa shape index (κ3) is 4.11. The molecule has 21 heavy (non-hydrogen) atoms. The van der Waals surface area contributed by atoms with Gasteiger partial charge in [-0.15, -0.1) is 0 Å². The molecule has 1 saturated carbocycles. The Labute approximate surface area is 124 Å². The van der Waals surface area contributed by atoms with E-state index in [9.17, 15) is 4.79 Å². The molecular weight excluding hydrogens is 270 g/mol. The maximum Gasteiger partial charge on any atom is 0.227 e. The Morgan fingerprint density at radius 3 is 2.71 bits per heavy atom. The highest BCUT2D eigenvalue weighted by molar-refractivity contribution is 5.92. The zero-order valence-corrected chi connectivity index (χ0v) is 12.1. The summed E-state index contributed by atoms with van der Waals surface area (Å²) in [5.41, 5.74) is 6.06. The minimum Gasteiger partial charge on any atom is -0.486 e. The van der Waals surface area contributed by atoms with Crippen LogP contribution in [0.25, 0.3) is 0 Å². The molecule has 1 amide bonds. The fraction of sp³-hybridized carbons (Fsp3) is 0.467. The van der Waals surface area contributed by atoms with Crippen LogP contribution in [0.2, 0.25) is 0 Å². The van der Waals surface area contributed by atoms with Crippen molar-refractivity contribution >= 4 is 17.4 Å². The first-order valence-electron chi connectivity index (χ1n) is 7.10. The van der Waals surface area contributed by atoms with Crippen LogP contribution in [-0.2, 0) is 4.79 Å². The number of hydrogen-bond acceptors (Lipinski definition) is 4. The highest BCUT2D eigenvalue weighted by Crippen LogP contribution is 2.32. The van der Waals surface area contributed by atoms with E-state index in [1.807, 2.05) is 0 Å². The summed E-state index contributed by atoms with van der Waals surface area (Å²) >= 11 is 0. The zero-order valence-electron chi connectivity index (χ0n) is 12.1. The Kier molecular flexibility index (Phi) is 5.03. The maximum atomic E-state index is 12.2. The van der Waals surface area contributed by atoms with Gasteiger partial charge in [0, 0.05) is 11.6 Å². The molecule has 0 radical (unpaired) electrons. The molecule has 0 aromatic heterocycles. The summed E-state index contributed by atoms with van der Waals surface area (Å²) in [6.07, 6.45) is 3.21. The number of oxime groups is 1. The highest BCUT2D eigenvalue weighted by Gasteiger charge is 2.29. The average molecular weight is 291 g/mol. The van der Waals surface area contributed by atoms with Gasteiger partial charge in [-0.3, -0.25) is 4.79 Å². The normalized spacial score (nSPS) is 22.0. The summed E-state index contributed by atoms with van der Waals surface area (Å²) in [5.74, 6) is 1.25. The molecule has 1 aromatic rings. The van der Waals surface area contributed by atoms with Crippen molar-refractivity contribution < 1.29 is 14.7 Å². The summed E-state index contributed by atoms with van der Waals surface area (Å²) < 4.78 is 5.31. The van der Waals surface area contributed by atoms with Crippen LogP contribution < -0.4 is 15.8 Å². The van der Waals surface area contributed by atoms with Gasteiger partial charge in [0.25, 0.3) is 0 Å². The topological polar surface area (TPSA) is 96.9 Å². The van der Waals surface area contributed by atoms with Crippen LogP contribution in [0, 0.1) is 11.8 Å². The number of amides is 1. The lowest BCUT2D eigenvalue weighted by Gasteiger charge is -2.15. The third-order valence-electron chi connectivity index (χ3n) is 3.84. The fourth-order valence-corrected chi connectivity index (χ4v) is 2.59. The van der Waals surface area contributed by atoms with Crippen LogP contribution in [0.4, 0.5) is 5.69 Å². The van der Waals surface area contributed by atoms with Gasteiger partial charge in [0.05, 0.1) is 0 Å². The second-order valence-electron chi connectivity index (χ2n) is 5.41. The molecule has 1 aromatic carbocycles. The molecule has 0 saturated heterocycles. The first kappa shape index (κ1) is 15.2. The van der Waals surface area contributed by atoms with Crippen LogP contribution in [-0.4, -0.2) is 23.6 Å². The van der Waals surface area contributed by atoms with E-state index in [1.54, 1.807) is 24.3 Å². The summed E-state index contributed by atoms with van der Waals surface area (Å²) in [4.78, 5) is 12.2. The Morgan fingerprint density at radius 1 is 1.43 bits per heavy atom. The minimum absolute atomic E-state index is 0.00241. The van der Waals surface area contributed by atoms with E-state index in [-0.39, 0.29) is 24.3 Å². The standard InChI is InChI=1S/C15H21N3O3/c1-10-3-2-4-13(10)15(19)17-11-5-7-12(8-6-11)21-9-14(16)18-20/h5-8,10,13,20H,2-4,9H2,1H3,(H2,16,18)(H,17,19). The van der Waals surface area contributed by atoms with E-state index in [0.29, 0.717) is 11.7 Å². The summed E-state index contributed by atoms with van der Waals surface area (Å²) in [6.45, 7) is 2.14. The Morgan fingerprint density at radius 2 is 2.14 bits per heavy atom.